The summed E-state index contributed by atoms with van der Waals surface area (Å²) in [5.41, 5.74) is 2.89. The molecule has 0 spiro atoms. The van der Waals surface area contributed by atoms with Crippen LogP contribution in [0.4, 0.5) is 5.82 Å². The summed E-state index contributed by atoms with van der Waals surface area (Å²) in [6, 6.07) is 1.37. The number of rotatable bonds is 5. The maximum Gasteiger partial charge on any atom is 0.475 e. The topological polar surface area (TPSA) is 155 Å². The Morgan fingerprint density at radius 1 is 1.54 bits per heavy atom. The number of aromatic nitrogens is 2. The van der Waals surface area contributed by atoms with Crippen molar-refractivity contribution >= 4 is 13.6 Å². The SMILES string of the molecule is CC(C)C1CCOP(=O)(OC[C@H]2O[C@@H](n3ccc(N)nc3=O)[C@](C)(O)[C@@H]2O)O1. The van der Waals surface area contributed by atoms with Crippen molar-refractivity contribution < 1.29 is 33.1 Å². The summed E-state index contributed by atoms with van der Waals surface area (Å²) in [6.07, 6.45) is -2.13. The van der Waals surface area contributed by atoms with Gasteiger partial charge in [0.2, 0.25) is 0 Å². The zero-order valence-corrected chi connectivity index (χ0v) is 16.8. The maximum absolute atomic E-state index is 12.7. The second-order valence-corrected chi connectivity index (χ2v) is 9.11. The number of hydrogen-bond acceptors (Lipinski definition) is 10. The molecule has 0 saturated carbocycles. The van der Waals surface area contributed by atoms with Crippen LogP contribution in [0.1, 0.15) is 33.4 Å². The van der Waals surface area contributed by atoms with E-state index in [1.165, 1.54) is 19.2 Å². The molecule has 28 heavy (non-hydrogen) atoms. The largest absolute Gasteiger partial charge is 0.475 e. The highest BCUT2D eigenvalue weighted by molar-refractivity contribution is 7.48. The monoisotopic (exact) mass is 419 g/mol. The second kappa shape index (κ2) is 7.83. The second-order valence-electron chi connectivity index (χ2n) is 7.49. The molecule has 4 N–H and O–H groups in total. The highest BCUT2D eigenvalue weighted by Crippen LogP contribution is 2.55. The molecule has 2 fully saturated rings. The van der Waals surface area contributed by atoms with Crippen molar-refractivity contribution in [3.63, 3.8) is 0 Å². The fraction of sp³-hybridized carbons (Fsp3) is 0.750. The van der Waals surface area contributed by atoms with Crippen molar-refractivity contribution in [3.8, 4) is 0 Å². The molecule has 1 aromatic heterocycles. The maximum atomic E-state index is 12.7. The Morgan fingerprint density at radius 3 is 2.89 bits per heavy atom. The van der Waals surface area contributed by atoms with Crippen molar-refractivity contribution in [1.82, 2.24) is 9.55 Å². The fourth-order valence-corrected chi connectivity index (χ4v) is 4.73. The Hall–Kier alpha value is -1.33. The number of phosphoric acid groups is 1. The summed E-state index contributed by atoms with van der Waals surface area (Å²) in [5.74, 6) is 0.146. The molecule has 2 unspecified atom stereocenters. The third-order valence-corrected chi connectivity index (χ3v) is 6.41. The number of nitrogens with zero attached hydrogens (tertiary/aromatic N) is 2. The lowest BCUT2D eigenvalue weighted by molar-refractivity contribution is -0.0990. The number of hydrogen-bond donors (Lipinski definition) is 3. The summed E-state index contributed by atoms with van der Waals surface area (Å²) in [7, 11) is -3.82. The van der Waals surface area contributed by atoms with Crippen molar-refractivity contribution in [3.05, 3.63) is 22.7 Å². The predicted octanol–water partition coefficient (Wildman–Crippen LogP) is 0.421. The number of aliphatic hydroxyl groups excluding tert-OH is 1. The lowest BCUT2D eigenvalue weighted by atomic mass is 9.96. The number of aliphatic hydroxyl groups is 2. The van der Waals surface area contributed by atoms with Gasteiger partial charge in [0.1, 0.15) is 23.6 Å². The van der Waals surface area contributed by atoms with Gasteiger partial charge in [-0.25, -0.2) is 9.36 Å². The van der Waals surface area contributed by atoms with Crippen LogP contribution in [-0.2, 0) is 22.9 Å². The van der Waals surface area contributed by atoms with Crippen molar-refractivity contribution in [2.75, 3.05) is 18.9 Å². The molecule has 12 heteroatoms. The number of ether oxygens (including phenoxy) is 1. The molecule has 3 rings (SSSR count). The van der Waals surface area contributed by atoms with Gasteiger partial charge in [-0.2, -0.15) is 4.98 Å². The average Bonchev–Trinajstić information content (AvgIpc) is 2.83. The first-order chi connectivity index (χ1) is 13.0. The summed E-state index contributed by atoms with van der Waals surface area (Å²) in [6.45, 7) is 5.04. The van der Waals surface area contributed by atoms with Crippen LogP contribution in [0.5, 0.6) is 0 Å². The van der Waals surface area contributed by atoms with E-state index < -0.39 is 37.5 Å². The van der Waals surface area contributed by atoms with Gasteiger partial charge in [0.15, 0.2) is 6.23 Å². The summed E-state index contributed by atoms with van der Waals surface area (Å²) in [5, 5.41) is 21.1. The van der Waals surface area contributed by atoms with Gasteiger partial charge in [-0.1, -0.05) is 13.8 Å². The third-order valence-electron chi connectivity index (χ3n) is 4.92. The molecule has 158 valence electrons. The average molecular weight is 419 g/mol. The van der Waals surface area contributed by atoms with Crippen molar-refractivity contribution in [2.24, 2.45) is 5.92 Å². The minimum atomic E-state index is -3.82. The lowest BCUT2D eigenvalue weighted by Gasteiger charge is -2.31. The Labute approximate surface area is 162 Å². The first-order valence-electron chi connectivity index (χ1n) is 9.01. The molecule has 0 amide bonds. The predicted molar refractivity (Wildman–Crippen MR) is 97.3 cm³/mol. The van der Waals surface area contributed by atoms with Gasteiger partial charge in [-0.15, -0.1) is 0 Å². The molecular formula is C16H26N3O8P. The summed E-state index contributed by atoms with van der Waals surface area (Å²) < 4.78 is 35.3. The van der Waals surface area contributed by atoms with Gasteiger partial charge in [-0.3, -0.25) is 18.1 Å². The molecular weight excluding hydrogens is 393 g/mol. The van der Waals surface area contributed by atoms with E-state index in [9.17, 15) is 19.6 Å². The molecule has 1 aromatic rings. The van der Waals surface area contributed by atoms with E-state index in [0.29, 0.717) is 6.42 Å². The van der Waals surface area contributed by atoms with Crippen LogP contribution in [0.3, 0.4) is 0 Å². The molecule has 0 aliphatic carbocycles. The van der Waals surface area contributed by atoms with E-state index in [1.807, 2.05) is 13.8 Å². The van der Waals surface area contributed by atoms with E-state index in [1.54, 1.807) is 0 Å². The quantitative estimate of drug-likeness (QED) is 0.572. The smallest absolute Gasteiger partial charge is 0.387 e. The Balaban J connectivity index is 1.72. The van der Waals surface area contributed by atoms with Gasteiger partial charge >= 0.3 is 13.5 Å². The molecule has 6 atom stereocenters. The van der Waals surface area contributed by atoms with Crippen molar-refractivity contribution in [1.29, 1.82) is 0 Å². The van der Waals surface area contributed by atoms with Gasteiger partial charge in [0.25, 0.3) is 0 Å². The molecule has 2 saturated heterocycles. The van der Waals surface area contributed by atoms with Crippen LogP contribution >= 0.6 is 7.82 Å². The van der Waals surface area contributed by atoms with E-state index in [2.05, 4.69) is 4.98 Å². The Kier molecular flexibility index (Phi) is 5.98. The van der Waals surface area contributed by atoms with Gasteiger partial charge < -0.3 is 20.7 Å². The minimum absolute atomic E-state index is 0.0173. The van der Waals surface area contributed by atoms with E-state index >= 15 is 0 Å². The highest BCUT2D eigenvalue weighted by Gasteiger charge is 2.54. The molecule has 3 heterocycles. The van der Waals surface area contributed by atoms with Crippen LogP contribution in [0.25, 0.3) is 0 Å². The number of nitrogens with two attached hydrogens (primary N) is 1. The first-order valence-corrected chi connectivity index (χ1v) is 10.5. The van der Waals surface area contributed by atoms with E-state index in [-0.39, 0.29) is 31.1 Å². The molecule has 2 aliphatic heterocycles. The molecule has 0 bridgehead atoms. The zero-order valence-electron chi connectivity index (χ0n) is 15.9. The van der Waals surface area contributed by atoms with E-state index in [0.717, 1.165) is 4.57 Å². The molecule has 0 radical (unpaired) electrons. The van der Waals surface area contributed by atoms with Gasteiger partial charge in [-0.05, 0) is 25.3 Å². The lowest BCUT2D eigenvalue weighted by Crippen LogP contribution is -2.46. The normalized spacial score (nSPS) is 38.8. The number of phosphoric ester groups is 1. The van der Waals surface area contributed by atoms with E-state index in [4.69, 9.17) is 24.0 Å². The third kappa shape index (κ3) is 4.16. The Bertz CT molecular complexity index is 813. The fourth-order valence-electron chi connectivity index (χ4n) is 3.20. The van der Waals surface area contributed by atoms with Crippen LogP contribution in [0, 0.1) is 5.92 Å². The number of nitrogen functional groups attached to an aromatic ring is 1. The minimum Gasteiger partial charge on any atom is -0.387 e. The molecule has 11 nitrogen and oxygen atoms in total. The van der Waals surface area contributed by atoms with Crippen LogP contribution < -0.4 is 11.4 Å². The van der Waals surface area contributed by atoms with Gasteiger partial charge in [0.05, 0.1) is 19.3 Å². The summed E-state index contributed by atoms with van der Waals surface area (Å²) >= 11 is 0. The zero-order chi connectivity index (χ0) is 20.7. The van der Waals surface area contributed by atoms with Crippen LogP contribution in [-0.4, -0.2) is 56.9 Å². The molecule has 2 aliphatic rings. The standard InChI is InChI=1S/C16H26N3O8P/c1-9(2)10-5-7-24-28(23,27-10)25-8-11-13(20)16(3,22)14(26-11)19-6-4-12(17)18-15(19)21/h4,6,9-11,13-14,20,22H,5,7-8H2,1-3H3,(H2,17,18,21)/t10?,11-,13-,14-,16-,28?/m1/s1. The van der Waals surface area contributed by atoms with Crippen molar-refractivity contribution in [2.45, 2.75) is 57.3 Å². The van der Waals surface area contributed by atoms with Crippen LogP contribution in [0.2, 0.25) is 0 Å². The first kappa shape index (κ1) is 21.4. The number of anilines is 1. The van der Waals surface area contributed by atoms with Crippen LogP contribution in [0.15, 0.2) is 17.1 Å². The van der Waals surface area contributed by atoms with Gasteiger partial charge in [0, 0.05) is 6.20 Å². The summed E-state index contributed by atoms with van der Waals surface area (Å²) in [4.78, 5) is 15.7. The Morgan fingerprint density at radius 2 is 2.25 bits per heavy atom. The highest BCUT2D eigenvalue weighted by atomic mass is 31.2. The molecule has 0 aromatic carbocycles.